The molecule has 0 heterocycles. The van der Waals surface area contributed by atoms with Crippen molar-refractivity contribution in [1.82, 2.24) is 0 Å². The van der Waals surface area contributed by atoms with Crippen LogP contribution in [0.4, 0.5) is 15.8 Å². The van der Waals surface area contributed by atoms with Crippen LogP contribution in [-0.2, 0) is 14.3 Å². The van der Waals surface area contributed by atoms with Crippen LogP contribution in [0.3, 0.4) is 0 Å². The van der Waals surface area contributed by atoms with Gasteiger partial charge in [-0.15, -0.1) is 0 Å². The SMILES string of the molecule is COc1cc(/C=C/C(=O)OCC(=O)Nc2ccc(F)c([N+](=O)[O-])c2)ccc1O. The van der Waals surface area contributed by atoms with Crippen molar-refractivity contribution in [1.29, 1.82) is 0 Å². The predicted molar refractivity (Wildman–Crippen MR) is 96.3 cm³/mol. The van der Waals surface area contributed by atoms with Crippen molar-refractivity contribution in [3.05, 3.63) is 64.0 Å². The molecular weight excluding hydrogens is 375 g/mol. The molecule has 0 bridgehead atoms. The highest BCUT2D eigenvalue weighted by Crippen LogP contribution is 2.26. The number of anilines is 1. The summed E-state index contributed by atoms with van der Waals surface area (Å²) in [5.74, 6) is -2.44. The van der Waals surface area contributed by atoms with E-state index in [0.29, 0.717) is 5.56 Å². The lowest BCUT2D eigenvalue weighted by Crippen LogP contribution is -2.20. The number of carbonyl (C=O) groups excluding carboxylic acids is 2. The molecule has 0 aromatic heterocycles. The molecule has 10 heteroatoms. The second-order valence-corrected chi connectivity index (χ2v) is 5.34. The number of nitro benzene ring substituents is 1. The van der Waals surface area contributed by atoms with E-state index < -0.39 is 34.9 Å². The van der Waals surface area contributed by atoms with E-state index in [-0.39, 0.29) is 17.2 Å². The number of methoxy groups -OCH3 is 1. The fraction of sp³-hybridized carbons (Fsp3) is 0.111. The zero-order valence-corrected chi connectivity index (χ0v) is 14.5. The van der Waals surface area contributed by atoms with Crippen molar-refractivity contribution in [2.75, 3.05) is 19.0 Å². The van der Waals surface area contributed by atoms with E-state index in [2.05, 4.69) is 5.32 Å². The number of hydrogen-bond acceptors (Lipinski definition) is 7. The summed E-state index contributed by atoms with van der Waals surface area (Å²) >= 11 is 0. The molecule has 0 aliphatic rings. The molecule has 2 rings (SSSR count). The molecule has 0 saturated carbocycles. The Bertz CT molecular complexity index is 944. The van der Waals surface area contributed by atoms with Crippen molar-refractivity contribution in [3.8, 4) is 11.5 Å². The second kappa shape index (κ2) is 9.12. The number of amides is 1. The molecule has 0 spiro atoms. The normalized spacial score (nSPS) is 10.5. The van der Waals surface area contributed by atoms with Crippen LogP contribution >= 0.6 is 0 Å². The molecule has 0 saturated heterocycles. The van der Waals surface area contributed by atoms with Crippen molar-refractivity contribution in [2.45, 2.75) is 0 Å². The first-order valence-electron chi connectivity index (χ1n) is 7.76. The monoisotopic (exact) mass is 390 g/mol. The molecule has 0 atom stereocenters. The zero-order chi connectivity index (χ0) is 20.7. The fourth-order valence-electron chi connectivity index (χ4n) is 2.07. The minimum absolute atomic E-state index is 0.0131. The summed E-state index contributed by atoms with van der Waals surface area (Å²) < 4.78 is 22.9. The Morgan fingerprint density at radius 1 is 1.29 bits per heavy atom. The Kier molecular flexibility index (Phi) is 6.63. The number of hydrogen-bond donors (Lipinski definition) is 2. The number of nitrogens with one attached hydrogen (secondary N) is 1. The van der Waals surface area contributed by atoms with Gasteiger partial charge >= 0.3 is 11.7 Å². The Morgan fingerprint density at radius 3 is 2.71 bits per heavy atom. The van der Waals surface area contributed by atoms with E-state index >= 15 is 0 Å². The Morgan fingerprint density at radius 2 is 2.04 bits per heavy atom. The third kappa shape index (κ3) is 5.53. The fourth-order valence-corrected chi connectivity index (χ4v) is 2.07. The number of rotatable bonds is 7. The Labute approximate surface area is 158 Å². The second-order valence-electron chi connectivity index (χ2n) is 5.34. The van der Waals surface area contributed by atoms with Gasteiger partial charge in [-0.05, 0) is 35.9 Å². The van der Waals surface area contributed by atoms with Gasteiger partial charge < -0.3 is 19.9 Å². The van der Waals surface area contributed by atoms with Crippen molar-refractivity contribution in [3.63, 3.8) is 0 Å². The van der Waals surface area contributed by atoms with Crippen molar-refractivity contribution < 1.29 is 33.5 Å². The predicted octanol–water partition coefficient (Wildman–Crippen LogP) is 2.64. The summed E-state index contributed by atoms with van der Waals surface area (Å²) in [6.45, 7) is -0.646. The van der Waals surface area contributed by atoms with Gasteiger partial charge in [-0.2, -0.15) is 4.39 Å². The first-order chi connectivity index (χ1) is 13.3. The van der Waals surface area contributed by atoms with Gasteiger partial charge in [0, 0.05) is 17.8 Å². The number of phenolic OH excluding ortho intramolecular Hbond substituents is 1. The molecule has 0 fully saturated rings. The van der Waals surface area contributed by atoms with E-state index in [0.717, 1.165) is 24.3 Å². The molecule has 2 aromatic rings. The number of carbonyl (C=O) groups is 2. The molecule has 0 aliphatic heterocycles. The molecule has 9 nitrogen and oxygen atoms in total. The Balaban J connectivity index is 1.89. The smallest absolute Gasteiger partial charge is 0.331 e. The van der Waals surface area contributed by atoms with Crippen LogP contribution in [0.25, 0.3) is 6.08 Å². The number of nitrogens with zero attached hydrogens (tertiary/aromatic N) is 1. The maximum absolute atomic E-state index is 13.3. The summed E-state index contributed by atoms with van der Waals surface area (Å²) in [5.41, 5.74) is -0.252. The van der Waals surface area contributed by atoms with Crippen LogP contribution < -0.4 is 10.1 Å². The van der Waals surface area contributed by atoms with Gasteiger partial charge in [0.1, 0.15) is 0 Å². The molecule has 0 radical (unpaired) electrons. The maximum Gasteiger partial charge on any atom is 0.331 e. The van der Waals surface area contributed by atoms with Crippen LogP contribution in [0.15, 0.2) is 42.5 Å². The number of benzene rings is 2. The first-order valence-corrected chi connectivity index (χ1v) is 7.76. The highest BCUT2D eigenvalue weighted by Gasteiger charge is 2.15. The molecule has 0 aliphatic carbocycles. The van der Waals surface area contributed by atoms with Gasteiger partial charge in [-0.3, -0.25) is 14.9 Å². The van der Waals surface area contributed by atoms with E-state index in [1.807, 2.05) is 0 Å². The average molecular weight is 390 g/mol. The molecule has 0 unspecified atom stereocenters. The standard InChI is InChI=1S/C18H15FN2O7/c1-27-16-8-11(2-6-15(16)22)3-7-18(24)28-10-17(23)20-12-4-5-13(19)14(9-12)21(25)26/h2-9,22H,10H2,1H3,(H,20,23)/b7-3+. The number of phenols is 1. The molecule has 1 amide bonds. The van der Waals surface area contributed by atoms with Crippen LogP contribution in [0.2, 0.25) is 0 Å². The number of ether oxygens (including phenoxy) is 2. The first kappa shape index (κ1) is 20.4. The average Bonchev–Trinajstić information content (AvgIpc) is 2.67. The quantitative estimate of drug-likeness (QED) is 0.322. The van der Waals surface area contributed by atoms with Crippen LogP contribution in [0, 0.1) is 15.9 Å². The molecule has 2 N–H and O–H groups in total. The molecular formula is C18H15FN2O7. The summed E-state index contributed by atoms with van der Waals surface area (Å²) in [7, 11) is 1.38. The Hall–Kier alpha value is -3.95. The van der Waals surface area contributed by atoms with Gasteiger partial charge in [0.25, 0.3) is 5.91 Å². The molecule has 146 valence electrons. The lowest BCUT2D eigenvalue weighted by atomic mass is 10.2. The topological polar surface area (TPSA) is 128 Å². The highest BCUT2D eigenvalue weighted by molar-refractivity contribution is 5.94. The third-order valence-electron chi connectivity index (χ3n) is 3.39. The number of nitro groups is 1. The summed E-state index contributed by atoms with van der Waals surface area (Å²) in [5, 5.41) is 22.4. The van der Waals surface area contributed by atoms with E-state index in [4.69, 9.17) is 9.47 Å². The summed E-state index contributed by atoms with van der Waals surface area (Å²) in [6.07, 6.45) is 2.47. The van der Waals surface area contributed by atoms with Crippen LogP contribution in [0.5, 0.6) is 11.5 Å². The van der Waals surface area contributed by atoms with Gasteiger partial charge in [0.15, 0.2) is 18.1 Å². The zero-order valence-electron chi connectivity index (χ0n) is 14.5. The van der Waals surface area contributed by atoms with Crippen LogP contribution in [-0.4, -0.2) is 35.6 Å². The number of halogens is 1. The largest absolute Gasteiger partial charge is 0.504 e. The molecule has 28 heavy (non-hydrogen) atoms. The summed E-state index contributed by atoms with van der Waals surface area (Å²) in [6, 6.07) is 7.25. The lowest BCUT2D eigenvalue weighted by molar-refractivity contribution is -0.387. The van der Waals surface area contributed by atoms with Crippen molar-refractivity contribution >= 4 is 29.3 Å². The van der Waals surface area contributed by atoms with E-state index in [1.165, 1.54) is 31.4 Å². The lowest BCUT2D eigenvalue weighted by Gasteiger charge is -2.06. The highest BCUT2D eigenvalue weighted by atomic mass is 19.1. The third-order valence-corrected chi connectivity index (χ3v) is 3.39. The maximum atomic E-state index is 13.3. The minimum atomic E-state index is -1.04. The van der Waals surface area contributed by atoms with Crippen molar-refractivity contribution in [2.24, 2.45) is 0 Å². The number of esters is 1. The number of aromatic hydroxyl groups is 1. The van der Waals surface area contributed by atoms with Gasteiger partial charge in [0.05, 0.1) is 12.0 Å². The van der Waals surface area contributed by atoms with E-state index in [9.17, 15) is 29.2 Å². The molecule has 2 aromatic carbocycles. The van der Waals surface area contributed by atoms with Crippen LogP contribution in [0.1, 0.15) is 5.56 Å². The minimum Gasteiger partial charge on any atom is -0.504 e. The van der Waals surface area contributed by atoms with Gasteiger partial charge in [-0.1, -0.05) is 6.07 Å². The van der Waals surface area contributed by atoms with Gasteiger partial charge in [-0.25, -0.2) is 4.79 Å². The summed E-state index contributed by atoms with van der Waals surface area (Å²) in [4.78, 5) is 33.2. The van der Waals surface area contributed by atoms with E-state index in [1.54, 1.807) is 0 Å². The van der Waals surface area contributed by atoms with Gasteiger partial charge in [0.2, 0.25) is 5.82 Å².